The van der Waals surface area contributed by atoms with E-state index in [0.29, 0.717) is 23.6 Å². The molecule has 2 aromatic carbocycles. The molecule has 5 rings (SSSR count). The Morgan fingerprint density at radius 2 is 1.72 bits per heavy atom. The van der Waals surface area contributed by atoms with Gasteiger partial charge in [0.1, 0.15) is 5.82 Å². The Balaban J connectivity index is 1.27. The molecule has 0 radical (unpaired) electrons. The number of aromatic nitrogens is 1. The van der Waals surface area contributed by atoms with Crippen molar-refractivity contribution >= 4 is 34.5 Å². The van der Waals surface area contributed by atoms with Crippen molar-refractivity contribution in [1.29, 1.82) is 0 Å². The Kier molecular flexibility index (Phi) is 7.49. The fraction of sp³-hybridized carbons (Fsp3) is 0.333. The van der Waals surface area contributed by atoms with E-state index in [1.54, 1.807) is 0 Å². The Labute approximate surface area is 211 Å². The summed E-state index contributed by atoms with van der Waals surface area (Å²) in [7, 11) is 0. The number of ether oxygens (including phenoxy) is 1. The number of rotatable bonds is 8. The minimum Gasteiger partial charge on any atom is -0.380 e. The smallest absolute Gasteiger partial charge is 0.252 e. The number of primary amides is 1. The zero-order valence-corrected chi connectivity index (χ0v) is 20.4. The zero-order valence-electron chi connectivity index (χ0n) is 20.4. The van der Waals surface area contributed by atoms with Gasteiger partial charge in [0, 0.05) is 75.1 Å². The summed E-state index contributed by atoms with van der Waals surface area (Å²) in [6, 6.07) is 18.6. The number of nitrogens with one attached hydrogen (secondary N) is 3. The lowest BCUT2D eigenvalue weighted by Gasteiger charge is -2.29. The van der Waals surface area contributed by atoms with Crippen LogP contribution < -0.4 is 31.5 Å². The quantitative estimate of drug-likeness (QED) is 0.384. The first-order valence-electron chi connectivity index (χ1n) is 12.4. The SMILES string of the molecule is NC(=O)c1cnc(Nc2ccc(N3CCOCC3)cc2)cc1NCc1cccc(N2CCNCC2)c1. The average Bonchev–Trinajstić information content (AvgIpc) is 2.93. The van der Waals surface area contributed by atoms with E-state index in [4.69, 9.17) is 10.5 Å². The molecular weight excluding hydrogens is 454 g/mol. The minimum absolute atomic E-state index is 0.362. The fourth-order valence-electron chi connectivity index (χ4n) is 4.57. The summed E-state index contributed by atoms with van der Waals surface area (Å²) in [4.78, 5) is 21.1. The van der Waals surface area contributed by atoms with Crippen molar-refractivity contribution in [3.63, 3.8) is 0 Å². The highest BCUT2D eigenvalue weighted by Crippen LogP contribution is 2.25. The highest BCUT2D eigenvalue weighted by atomic mass is 16.5. The van der Waals surface area contributed by atoms with Crippen molar-refractivity contribution in [2.24, 2.45) is 5.73 Å². The standard InChI is InChI=1S/C27H33N7O2/c28-27(35)24-19-31-26(32-21-4-6-22(7-5-21)34-12-14-36-15-13-34)17-25(24)30-18-20-2-1-3-23(16-20)33-10-8-29-9-11-33/h1-7,16-17,19,29H,8-15,18H2,(H2,28,35)(H2,30,31,32). The molecule has 0 bridgehead atoms. The van der Waals surface area contributed by atoms with E-state index in [1.807, 2.05) is 18.2 Å². The number of hydrogen-bond donors (Lipinski definition) is 4. The first kappa shape index (κ1) is 23.9. The third-order valence-corrected chi connectivity index (χ3v) is 6.56. The van der Waals surface area contributed by atoms with E-state index < -0.39 is 5.91 Å². The number of anilines is 5. The Hall–Kier alpha value is -3.82. The number of hydrogen-bond acceptors (Lipinski definition) is 8. The molecule has 0 unspecified atom stereocenters. The molecule has 5 N–H and O–H groups in total. The minimum atomic E-state index is -0.513. The second-order valence-electron chi connectivity index (χ2n) is 9.01. The van der Waals surface area contributed by atoms with Crippen LogP contribution in [-0.2, 0) is 11.3 Å². The molecule has 2 saturated heterocycles. The summed E-state index contributed by atoms with van der Waals surface area (Å²) < 4.78 is 5.44. The van der Waals surface area contributed by atoms with Crippen LogP contribution in [0.15, 0.2) is 60.8 Å². The first-order chi connectivity index (χ1) is 17.7. The van der Waals surface area contributed by atoms with Crippen molar-refractivity contribution in [2.45, 2.75) is 6.54 Å². The fourth-order valence-corrected chi connectivity index (χ4v) is 4.57. The predicted octanol–water partition coefficient (Wildman–Crippen LogP) is 2.78. The lowest BCUT2D eigenvalue weighted by atomic mass is 10.1. The second kappa shape index (κ2) is 11.3. The molecule has 0 saturated carbocycles. The van der Waals surface area contributed by atoms with Gasteiger partial charge in [-0.05, 0) is 42.0 Å². The van der Waals surface area contributed by atoms with E-state index in [1.165, 1.54) is 17.6 Å². The van der Waals surface area contributed by atoms with Crippen LogP contribution in [0.2, 0.25) is 0 Å². The second-order valence-corrected chi connectivity index (χ2v) is 9.01. The maximum absolute atomic E-state index is 12.0. The van der Waals surface area contributed by atoms with Gasteiger partial charge in [0.25, 0.3) is 5.91 Å². The van der Waals surface area contributed by atoms with Crippen LogP contribution in [0, 0.1) is 0 Å². The molecule has 188 valence electrons. The maximum atomic E-state index is 12.0. The summed E-state index contributed by atoms with van der Waals surface area (Å²) in [6.45, 7) is 7.85. The molecule has 3 heterocycles. The molecule has 2 aliphatic rings. The van der Waals surface area contributed by atoms with Crippen molar-refractivity contribution in [2.75, 3.05) is 72.9 Å². The van der Waals surface area contributed by atoms with Crippen LogP contribution in [0.1, 0.15) is 15.9 Å². The maximum Gasteiger partial charge on any atom is 0.252 e. The predicted molar refractivity (Wildman–Crippen MR) is 144 cm³/mol. The summed E-state index contributed by atoms with van der Waals surface area (Å²) in [6.07, 6.45) is 1.52. The van der Waals surface area contributed by atoms with Crippen LogP contribution in [0.3, 0.4) is 0 Å². The Bertz CT molecular complexity index is 1170. The highest BCUT2D eigenvalue weighted by Gasteiger charge is 2.14. The molecule has 36 heavy (non-hydrogen) atoms. The number of nitrogens with two attached hydrogens (primary N) is 1. The lowest BCUT2D eigenvalue weighted by Crippen LogP contribution is -2.43. The summed E-state index contributed by atoms with van der Waals surface area (Å²) >= 11 is 0. The molecule has 1 amide bonds. The number of benzene rings is 2. The molecule has 0 atom stereocenters. The summed E-state index contributed by atoms with van der Waals surface area (Å²) in [5.41, 5.74) is 11.1. The first-order valence-corrected chi connectivity index (χ1v) is 12.4. The third kappa shape index (κ3) is 5.87. The molecule has 1 aromatic heterocycles. The van der Waals surface area contributed by atoms with E-state index in [9.17, 15) is 4.79 Å². The van der Waals surface area contributed by atoms with Crippen LogP contribution in [-0.4, -0.2) is 63.4 Å². The van der Waals surface area contributed by atoms with E-state index in [-0.39, 0.29) is 0 Å². The van der Waals surface area contributed by atoms with Gasteiger partial charge in [0.2, 0.25) is 0 Å². The normalized spacial score (nSPS) is 16.0. The molecule has 0 spiro atoms. The van der Waals surface area contributed by atoms with Crippen molar-refractivity contribution < 1.29 is 9.53 Å². The van der Waals surface area contributed by atoms with Crippen LogP contribution in [0.5, 0.6) is 0 Å². The number of piperazine rings is 1. The van der Waals surface area contributed by atoms with Gasteiger partial charge in [-0.2, -0.15) is 0 Å². The Morgan fingerprint density at radius 1 is 0.972 bits per heavy atom. The third-order valence-electron chi connectivity index (χ3n) is 6.56. The van der Waals surface area contributed by atoms with Crippen LogP contribution >= 0.6 is 0 Å². The van der Waals surface area contributed by atoms with Gasteiger partial charge < -0.3 is 36.2 Å². The summed E-state index contributed by atoms with van der Waals surface area (Å²) in [5.74, 6) is 0.122. The topological polar surface area (TPSA) is 108 Å². The van der Waals surface area contributed by atoms with Gasteiger partial charge >= 0.3 is 0 Å². The molecule has 0 aliphatic carbocycles. The van der Waals surface area contributed by atoms with Gasteiger partial charge in [0.15, 0.2) is 0 Å². The van der Waals surface area contributed by atoms with Gasteiger partial charge in [-0.1, -0.05) is 12.1 Å². The molecule has 3 aromatic rings. The van der Waals surface area contributed by atoms with Gasteiger partial charge in [-0.25, -0.2) is 4.98 Å². The van der Waals surface area contributed by atoms with E-state index in [0.717, 1.165) is 63.7 Å². The van der Waals surface area contributed by atoms with E-state index in [2.05, 4.69) is 67.1 Å². The largest absolute Gasteiger partial charge is 0.380 e. The number of nitrogens with zero attached hydrogens (tertiary/aromatic N) is 3. The zero-order chi connectivity index (χ0) is 24.7. The molecular formula is C27H33N7O2. The number of carbonyl (C=O) groups excluding carboxylic acids is 1. The Morgan fingerprint density at radius 3 is 2.47 bits per heavy atom. The lowest BCUT2D eigenvalue weighted by molar-refractivity contribution is 0.100. The monoisotopic (exact) mass is 487 g/mol. The van der Waals surface area contributed by atoms with Crippen LogP contribution in [0.4, 0.5) is 28.6 Å². The number of amides is 1. The number of morpholine rings is 1. The van der Waals surface area contributed by atoms with Crippen molar-refractivity contribution in [3.8, 4) is 0 Å². The molecule has 9 nitrogen and oxygen atoms in total. The summed E-state index contributed by atoms with van der Waals surface area (Å²) in [5, 5.41) is 10.1. The number of pyridine rings is 1. The van der Waals surface area contributed by atoms with E-state index >= 15 is 0 Å². The van der Waals surface area contributed by atoms with Crippen molar-refractivity contribution in [1.82, 2.24) is 10.3 Å². The number of carbonyl (C=O) groups is 1. The van der Waals surface area contributed by atoms with Gasteiger partial charge in [-0.3, -0.25) is 4.79 Å². The van der Waals surface area contributed by atoms with Gasteiger partial charge in [-0.15, -0.1) is 0 Å². The molecule has 2 aliphatic heterocycles. The van der Waals surface area contributed by atoms with Crippen molar-refractivity contribution in [3.05, 3.63) is 71.9 Å². The average molecular weight is 488 g/mol. The molecule has 2 fully saturated rings. The van der Waals surface area contributed by atoms with Gasteiger partial charge in [0.05, 0.1) is 24.5 Å². The molecule has 9 heteroatoms. The highest BCUT2D eigenvalue weighted by molar-refractivity contribution is 5.98. The van der Waals surface area contributed by atoms with Crippen LogP contribution in [0.25, 0.3) is 0 Å².